The zero-order valence-corrected chi connectivity index (χ0v) is 15.1. The molecule has 0 saturated carbocycles. The standard InChI is InChI=1S/C22H24N2O/c1-14-4-7-20-19(12-14)18-8-10-24(11-9-21(18)23-20)22(25)17-6-5-15(2)16(3)13-17/h4-7,12-13,23H,8-11H2,1-3H3. The molecule has 128 valence electrons. The van der Waals surface area contributed by atoms with Gasteiger partial charge in [-0.2, -0.15) is 0 Å². The fraction of sp³-hybridized carbons (Fsp3) is 0.318. The van der Waals surface area contributed by atoms with Gasteiger partial charge in [0.1, 0.15) is 0 Å². The van der Waals surface area contributed by atoms with Crippen LogP contribution in [-0.4, -0.2) is 28.9 Å². The van der Waals surface area contributed by atoms with Gasteiger partial charge in [-0.05, 0) is 68.1 Å². The molecule has 1 N–H and O–H groups in total. The lowest BCUT2D eigenvalue weighted by atomic mass is 10.0. The van der Waals surface area contributed by atoms with Gasteiger partial charge in [0, 0.05) is 41.7 Å². The van der Waals surface area contributed by atoms with Gasteiger partial charge in [-0.15, -0.1) is 0 Å². The van der Waals surface area contributed by atoms with Crippen LogP contribution in [0.2, 0.25) is 0 Å². The van der Waals surface area contributed by atoms with Crippen molar-refractivity contribution in [3.63, 3.8) is 0 Å². The third-order valence-electron chi connectivity index (χ3n) is 5.45. The minimum atomic E-state index is 0.147. The largest absolute Gasteiger partial charge is 0.358 e. The number of hydrogen-bond donors (Lipinski definition) is 1. The molecule has 0 spiro atoms. The summed E-state index contributed by atoms with van der Waals surface area (Å²) in [6.07, 6.45) is 1.80. The lowest BCUT2D eigenvalue weighted by Gasteiger charge is -2.21. The van der Waals surface area contributed by atoms with E-state index in [1.165, 1.54) is 38.9 Å². The SMILES string of the molecule is Cc1ccc2[nH]c3c(c2c1)CCN(C(=O)c1ccc(C)c(C)c1)CC3. The van der Waals surface area contributed by atoms with Crippen LogP contribution in [0.1, 0.15) is 38.3 Å². The Hall–Kier alpha value is -2.55. The minimum Gasteiger partial charge on any atom is -0.358 e. The number of aryl methyl sites for hydroxylation is 3. The van der Waals surface area contributed by atoms with Crippen LogP contribution >= 0.6 is 0 Å². The summed E-state index contributed by atoms with van der Waals surface area (Å²) in [5, 5.41) is 1.32. The second-order valence-electron chi connectivity index (χ2n) is 7.22. The van der Waals surface area contributed by atoms with Crippen molar-refractivity contribution in [2.45, 2.75) is 33.6 Å². The van der Waals surface area contributed by atoms with Crippen LogP contribution in [-0.2, 0) is 12.8 Å². The van der Waals surface area contributed by atoms with Gasteiger partial charge in [-0.1, -0.05) is 17.7 Å². The highest BCUT2D eigenvalue weighted by molar-refractivity contribution is 5.94. The van der Waals surface area contributed by atoms with Crippen molar-refractivity contribution in [3.8, 4) is 0 Å². The van der Waals surface area contributed by atoms with Crippen LogP contribution in [0.5, 0.6) is 0 Å². The van der Waals surface area contributed by atoms with Crippen LogP contribution in [0.25, 0.3) is 10.9 Å². The summed E-state index contributed by atoms with van der Waals surface area (Å²) in [4.78, 5) is 18.5. The summed E-state index contributed by atoms with van der Waals surface area (Å²) in [5.41, 5.74) is 8.36. The normalized spacial score (nSPS) is 14.4. The Morgan fingerprint density at radius 3 is 2.56 bits per heavy atom. The summed E-state index contributed by atoms with van der Waals surface area (Å²) in [6, 6.07) is 12.6. The van der Waals surface area contributed by atoms with Crippen molar-refractivity contribution in [1.82, 2.24) is 9.88 Å². The monoisotopic (exact) mass is 332 g/mol. The van der Waals surface area contributed by atoms with E-state index < -0.39 is 0 Å². The Morgan fingerprint density at radius 2 is 1.76 bits per heavy atom. The van der Waals surface area contributed by atoms with Gasteiger partial charge in [0.25, 0.3) is 5.91 Å². The molecule has 2 aromatic carbocycles. The van der Waals surface area contributed by atoms with Gasteiger partial charge in [0.2, 0.25) is 0 Å². The molecule has 0 radical (unpaired) electrons. The maximum absolute atomic E-state index is 12.9. The first-order valence-electron chi connectivity index (χ1n) is 8.99. The third kappa shape index (κ3) is 2.84. The number of carbonyl (C=O) groups excluding carboxylic acids is 1. The van der Waals surface area contributed by atoms with E-state index in [9.17, 15) is 4.79 Å². The highest BCUT2D eigenvalue weighted by Gasteiger charge is 2.22. The Bertz CT molecular complexity index is 968. The topological polar surface area (TPSA) is 36.1 Å². The summed E-state index contributed by atoms with van der Waals surface area (Å²) in [7, 11) is 0. The number of aromatic nitrogens is 1. The van der Waals surface area contributed by atoms with Crippen molar-refractivity contribution < 1.29 is 4.79 Å². The zero-order chi connectivity index (χ0) is 17.6. The highest BCUT2D eigenvalue weighted by Crippen LogP contribution is 2.27. The molecule has 0 aliphatic carbocycles. The Morgan fingerprint density at radius 1 is 0.960 bits per heavy atom. The fourth-order valence-corrected chi connectivity index (χ4v) is 3.78. The molecule has 1 aliphatic rings. The van der Waals surface area contributed by atoms with Crippen LogP contribution in [0.4, 0.5) is 0 Å². The Kier molecular flexibility index (Phi) is 3.87. The second kappa shape index (κ2) is 6.07. The number of carbonyl (C=O) groups is 1. The maximum Gasteiger partial charge on any atom is 0.253 e. The van der Waals surface area contributed by atoms with Crippen LogP contribution in [0.15, 0.2) is 36.4 Å². The molecule has 3 aromatic rings. The maximum atomic E-state index is 12.9. The number of fused-ring (bicyclic) bond motifs is 3. The molecule has 0 fully saturated rings. The summed E-state index contributed by atoms with van der Waals surface area (Å²) < 4.78 is 0. The first-order chi connectivity index (χ1) is 12.0. The fourth-order valence-electron chi connectivity index (χ4n) is 3.78. The first kappa shape index (κ1) is 15.9. The predicted molar refractivity (Wildman–Crippen MR) is 102 cm³/mol. The number of nitrogens with zero attached hydrogens (tertiary/aromatic N) is 1. The molecule has 0 unspecified atom stereocenters. The molecular weight excluding hydrogens is 308 g/mol. The van der Waals surface area contributed by atoms with Crippen LogP contribution < -0.4 is 0 Å². The molecule has 0 saturated heterocycles. The number of H-pyrrole nitrogens is 1. The van der Waals surface area contributed by atoms with Gasteiger partial charge < -0.3 is 9.88 Å². The molecule has 3 heteroatoms. The van der Waals surface area contributed by atoms with E-state index in [2.05, 4.69) is 44.0 Å². The molecule has 2 heterocycles. The summed E-state index contributed by atoms with van der Waals surface area (Å²) in [5.74, 6) is 0.147. The average Bonchev–Trinajstić information content (AvgIpc) is 2.80. The first-order valence-corrected chi connectivity index (χ1v) is 8.99. The zero-order valence-electron chi connectivity index (χ0n) is 15.1. The van der Waals surface area contributed by atoms with E-state index in [0.29, 0.717) is 0 Å². The minimum absolute atomic E-state index is 0.147. The van der Waals surface area contributed by atoms with Gasteiger partial charge >= 0.3 is 0 Å². The van der Waals surface area contributed by atoms with E-state index in [1.54, 1.807) is 0 Å². The molecule has 1 aliphatic heterocycles. The van der Waals surface area contributed by atoms with E-state index in [4.69, 9.17) is 0 Å². The quantitative estimate of drug-likeness (QED) is 0.707. The Balaban J connectivity index is 1.60. The number of nitrogens with one attached hydrogen (secondary N) is 1. The van der Waals surface area contributed by atoms with Gasteiger partial charge in [0.05, 0.1) is 0 Å². The summed E-state index contributed by atoms with van der Waals surface area (Å²) >= 11 is 0. The Labute approximate surface area is 148 Å². The molecule has 1 amide bonds. The van der Waals surface area contributed by atoms with E-state index in [1.807, 2.05) is 23.1 Å². The van der Waals surface area contributed by atoms with Gasteiger partial charge in [-0.3, -0.25) is 4.79 Å². The van der Waals surface area contributed by atoms with Crippen LogP contribution in [0.3, 0.4) is 0 Å². The van der Waals surface area contributed by atoms with Crippen molar-refractivity contribution in [1.29, 1.82) is 0 Å². The predicted octanol–water partition coefficient (Wildman–Crippen LogP) is 4.33. The second-order valence-corrected chi connectivity index (χ2v) is 7.22. The van der Waals surface area contributed by atoms with E-state index in [0.717, 1.165) is 31.5 Å². The van der Waals surface area contributed by atoms with Gasteiger partial charge in [-0.25, -0.2) is 0 Å². The number of amides is 1. The van der Waals surface area contributed by atoms with Crippen molar-refractivity contribution in [2.75, 3.05) is 13.1 Å². The molecule has 3 nitrogen and oxygen atoms in total. The number of aromatic amines is 1. The van der Waals surface area contributed by atoms with Crippen LogP contribution in [0, 0.1) is 20.8 Å². The lowest BCUT2D eigenvalue weighted by Crippen LogP contribution is -2.33. The highest BCUT2D eigenvalue weighted by atomic mass is 16.2. The average molecular weight is 332 g/mol. The molecular formula is C22H24N2O. The molecule has 0 atom stereocenters. The van der Waals surface area contributed by atoms with Crippen molar-refractivity contribution in [2.24, 2.45) is 0 Å². The molecule has 1 aromatic heterocycles. The summed E-state index contributed by atoms with van der Waals surface area (Å²) in [6.45, 7) is 7.82. The van der Waals surface area contributed by atoms with Crippen molar-refractivity contribution >= 4 is 16.8 Å². The smallest absolute Gasteiger partial charge is 0.253 e. The lowest BCUT2D eigenvalue weighted by molar-refractivity contribution is 0.0763. The molecule has 0 bridgehead atoms. The van der Waals surface area contributed by atoms with E-state index in [-0.39, 0.29) is 5.91 Å². The third-order valence-corrected chi connectivity index (χ3v) is 5.45. The van der Waals surface area contributed by atoms with E-state index >= 15 is 0 Å². The van der Waals surface area contributed by atoms with Gasteiger partial charge in [0.15, 0.2) is 0 Å². The number of rotatable bonds is 1. The van der Waals surface area contributed by atoms with Crippen molar-refractivity contribution in [3.05, 3.63) is 69.9 Å². The number of hydrogen-bond acceptors (Lipinski definition) is 1. The number of benzene rings is 2. The molecule has 25 heavy (non-hydrogen) atoms. The molecule has 4 rings (SSSR count).